The summed E-state index contributed by atoms with van der Waals surface area (Å²) in [5.74, 6) is -0.00170. The summed E-state index contributed by atoms with van der Waals surface area (Å²) in [5.41, 5.74) is 3.71. The molecule has 0 saturated carbocycles. The summed E-state index contributed by atoms with van der Waals surface area (Å²) >= 11 is 1.47. The third-order valence-corrected chi connectivity index (χ3v) is 4.48. The monoisotopic (exact) mass is 317 g/mol. The van der Waals surface area contributed by atoms with Gasteiger partial charge in [0.1, 0.15) is 5.01 Å². The second-order valence-corrected chi connectivity index (χ2v) is 6.64. The number of aryl methyl sites for hydroxylation is 4. The largest absolute Gasteiger partial charge is 0.301 e. The number of amides is 1. The molecule has 1 N–H and O–H groups in total. The maximum Gasteiger partial charge on any atom is 0.226 e. The lowest BCUT2D eigenvalue weighted by Gasteiger charge is -2.06. The molecule has 1 aromatic heterocycles. The van der Waals surface area contributed by atoms with Gasteiger partial charge in [0.2, 0.25) is 11.0 Å². The molecule has 2 rings (SSSR count). The van der Waals surface area contributed by atoms with Gasteiger partial charge in [0.15, 0.2) is 0 Å². The molecular formula is C17H23N3OS. The van der Waals surface area contributed by atoms with Crippen molar-refractivity contribution < 1.29 is 4.79 Å². The fourth-order valence-electron chi connectivity index (χ4n) is 2.29. The fraction of sp³-hybridized carbons (Fsp3) is 0.471. The van der Waals surface area contributed by atoms with Gasteiger partial charge in [0.05, 0.1) is 0 Å². The number of carbonyl (C=O) groups excluding carboxylic acids is 1. The second-order valence-electron chi connectivity index (χ2n) is 5.58. The first kappa shape index (κ1) is 16.6. The van der Waals surface area contributed by atoms with Crippen LogP contribution in [-0.4, -0.2) is 16.1 Å². The van der Waals surface area contributed by atoms with Crippen LogP contribution in [0.15, 0.2) is 18.2 Å². The van der Waals surface area contributed by atoms with Crippen LogP contribution in [0.1, 0.15) is 47.9 Å². The quantitative estimate of drug-likeness (QED) is 0.837. The number of rotatable bonds is 7. The Morgan fingerprint density at radius 3 is 2.77 bits per heavy atom. The van der Waals surface area contributed by atoms with Gasteiger partial charge in [-0.05, 0) is 37.8 Å². The molecule has 0 bridgehead atoms. The third-order valence-electron chi connectivity index (χ3n) is 3.58. The van der Waals surface area contributed by atoms with E-state index >= 15 is 0 Å². The number of benzene rings is 1. The Morgan fingerprint density at radius 2 is 2.05 bits per heavy atom. The van der Waals surface area contributed by atoms with Crippen molar-refractivity contribution in [1.29, 1.82) is 0 Å². The maximum absolute atomic E-state index is 12.0. The molecule has 1 amide bonds. The minimum Gasteiger partial charge on any atom is -0.301 e. The van der Waals surface area contributed by atoms with E-state index in [-0.39, 0.29) is 5.91 Å². The van der Waals surface area contributed by atoms with Crippen molar-refractivity contribution in [3.8, 4) is 0 Å². The van der Waals surface area contributed by atoms with Gasteiger partial charge in [-0.15, -0.1) is 10.2 Å². The highest BCUT2D eigenvalue weighted by atomic mass is 32.1. The summed E-state index contributed by atoms with van der Waals surface area (Å²) in [6, 6.07) is 6.34. The van der Waals surface area contributed by atoms with Gasteiger partial charge in [-0.2, -0.15) is 0 Å². The van der Waals surface area contributed by atoms with E-state index in [2.05, 4.69) is 54.5 Å². The molecule has 0 unspecified atom stereocenters. The Kier molecular flexibility index (Phi) is 6.07. The summed E-state index contributed by atoms with van der Waals surface area (Å²) in [5, 5.41) is 12.6. The predicted octanol–water partition coefficient (Wildman–Crippen LogP) is 4.07. The second kappa shape index (κ2) is 8.03. The van der Waals surface area contributed by atoms with Crippen molar-refractivity contribution >= 4 is 22.4 Å². The zero-order chi connectivity index (χ0) is 15.9. The zero-order valence-corrected chi connectivity index (χ0v) is 14.3. The van der Waals surface area contributed by atoms with Crippen LogP contribution < -0.4 is 5.32 Å². The number of unbranched alkanes of at least 4 members (excludes halogenated alkanes) is 1. The van der Waals surface area contributed by atoms with Gasteiger partial charge in [-0.25, -0.2) is 0 Å². The Bertz CT molecular complexity index is 637. The van der Waals surface area contributed by atoms with Gasteiger partial charge in [0, 0.05) is 12.8 Å². The molecular weight excluding hydrogens is 294 g/mol. The lowest BCUT2D eigenvalue weighted by molar-refractivity contribution is -0.116. The highest BCUT2D eigenvalue weighted by Gasteiger charge is 2.09. The normalized spacial score (nSPS) is 10.7. The van der Waals surface area contributed by atoms with Gasteiger partial charge in [-0.1, -0.05) is 48.4 Å². The summed E-state index contributed by atoms with van der Waals surface area (Å²) in [6.45, 7) is 6.32. The SMILES string of the molecule is CCCCc1nnc(NC(=O)CCc2ccc(C)cc2C)s1. The van der Waals surface area contributed by atoms with E-state index in [1.807, 2.05) is 0 Å². The molecule has 1 aromatic carbocycles. The molecule has 0 fully saturated rings. The Morgan fingerprint density at radius 1 is 1.23 bits per heavy atom. The van der Waals surface area contributed by atoms with Crippen LogP contribution in [0.2, 0.25) is 0 Å². The maximum atomic E-state index is 12.0. The molecule has 1 heterocycles. The lowest BCUT2D eigenvalue weighted by atomic mass is 10.0. The first-order chi connectivity index (χ1) is 10.6. The highest BCUT2D eigenvalue weighted by Crippen LogP contribution is 2.18. The van der Waals surface area contributed by atoms with Crippen molar-refractivity contribution in [2.45, 2.75) is 52.9 Å². The molecule has 0 aliphatic heterocycles. The van der Waals surface area contributed by atoms with E-state index in [1.54, 1.807) is 0 Å². The summed E-state index contributed by atoms with van der Waals surface area (Å²) in [4.78, 5) is 12.0. The van der Waals surface area contributed by atoms with Gasteiger partial charge < -0.3 is 5.32 Å². The van der Waals surface area contributed by atoms with Gasteiger partial charge in [0.25, 0.3) is 0 Å². The zero-order valence-electron chi connectivity index (χ0n) is 13.5. The average Bonchev–Trinajstić information content (AvgIpc) is 2.91. The van der Waals surface area contributed by atoms with Crippen LogP contribution in [-0.2, 0) is 17.6 Å². The van der Waals surface area contributed by atoms with E-state index in [0.717, 1.165) is 30.7 Å². The minimum absolute atomic E-state index is 0.00170. The van der Waals surface area contributed by atoms with Crippen LogP contribution in [0.3, 0.4) is 0 Å². The molecule has 5 heteroatoms. The number of hydrogen-bond donors (Lipinski definition) is 1. The van der Waals surface area contributed by atoms with E-state index in [4.69, 9.17) is 0 Å². The number of anilines is 1. The third kappa shape index (κ3) is 4.91. The minimum atomic E-state index is -0.00170. The lowest BCUT2D eigenvalue weighted by Crippen LogP contribution is -2.12. The number of hydrogen-bond acceptors (Lipinski definition) is 4. The topological polar surface area (TPSA) is 54.9 Å². The molecule has 0 radical (unpaired) electrons. The first-order valence-corrected chi connectivity index (χ1v) is 8.58. The first-order valence-electron chi connectivity index (χ1n) is 7.77. The van der Waals surface area contributed by atoms with Crippen molar-refractivity contribution in [3.05, 3.63) is 39.9 Å². The highest BCUT2D eigenvalue weighted by molar-refractivity contribution is 7.15. The van der Waals surface area contributed by atoms with E-state index in [9.17, 15) is 4.79 Å². The van der Waals surface area contributed by atoms with Crippen LogP contribution in [0.5, 0.6) is 0 Å². The number of nitrogens with one attached hydrogen (secondary N) is 1. The Balaban J connectivity index is 1.83. The van der Waals surface area contributed by atoms with Gasteiger partial charge >= 0.3 is 0 Å². The van der Waals surface area contributed by atoms with E-state index < -0.39 is 0 Å². The van der Waals surface area contributed by atoms with E-state index in [1.165, 1.54) is 28.0 Å². The molecule has 2 aromatic rings. The average molecular weight is 317 g/mol. The van der Waals surface area contributed by atoms with Crippen LogP contribution in [0, 0.1) is 13.8 Å². The molecule has 22 heavy (non-hydrogen) atoms. The van der Waals surface area contributed by atoms with Crippen molar-refractivity contribution in [1.82, 2.24) is 10.2 Å². The van der Waals surface area contributed by atoms with Crippen molar-refractivity contribution in [2.75, 3.05) is 5.32 Å². The molecule has 0 aliphatic rings. The number of carbonyl (C=O) groups is 1. The fourth-order valence-corrected chi connectivity index (χ4v) is 3.09. The van der Waals surface area contributed by atoms with Gasteiger partial charge in [-0.3, -0.25) is 4.79 Å². The summed E-state index contributed by atoms with van der Waals surface area (Å²) in [7, 11) is 0. The molecule has 0 saturated heterocycles. The van der Waals surface area contributed by atoms with E-state index in [0.29, 0.717) is 11.6 Å². The van der Waals surface area contributed by atoms with Crippen LogP contribution in [0.4, 0.5) is 5.13 Å². The van der Waals surface area contributed by atoms with Crippen molar-refractivity contribution in [3.63, 3.8) is 0 Å². The smallest absolute Gasteiger partial charge is 0.226 e. The summed E-state index contributed by atoms with van der Waals surface area (Å²) in [6.07, 6.45) is 4.40. The molecule has 0 atom stereocenters. The Hall–Kier alpha value is -1.75. The predicted molar refractivity (Wildman–Crippen MR) is 91.4 cm³/mol. The standard InChI is InChI=1S/C17H23N3OS/c1-4-5-6-16-19-20-17(22-16)18-15(21)10-9-14-8-7-12(2)11-13(14)3/h7-8,11H,4-6,9-10H2,1-3H3,(H,18,20,21). The molecule has 0 aliphatic carbocycles. The number of nitrogens with zero attached hydrogens (tertiary/aromatic N) is 2. The molecule has 4 nitrogen and oxygen atoms in total. The number of aromatic nitrogens is 2. The molecule has 118 valence electrons. The summed E-state index contributed by atoms with van der Waals surface area (Å²) < 4.78 is 0. The molecule has 0 spiro atoms. The van der Waals surface area contributed by atoms with Crippen LogP contribution >= 0.6 is 11.3 Å². The van der Waals surface area contributed by atoms with Crippen LogP contribution in [0.25, 0.3) is 0 Å². The Labute approximate surface area is 136 Å². The van der Waals surface area contributed by atoms with Crippen molar-refractivity contribution in [2.24, 2.45) is 0 Å².